The number of nitrogens with zero attached hydrogens (tertiary/aromatic N) is 1. The van der Waals surface area contributed by atoms with Gasteiger partial charge in [-0.05, 0) is 17.7 Å². The third-order valence-electron chi connectivity index (χ3n) is 2.22. The number of aromatic nitrogens is 1. The Kier molecular flexibility index (Phi) is 3.21. The Balaban J connectivity index is 2.35. The van der Waals surface area contributed by atoms with Crippen LogP contribution in [0, 0.1) is 0 Å². The fourth-order valence-corrected chi connectivity index (χ4v) is 2.26. The van der Waals surface area contributed by atoms with Crippen molar-refractivity contribution in [2.24, 2.45) is 0 Å². The lowest BCUT2D eigenvalue weighted by Gasteiger charge is -2.15. The van der Waals surface area contributed by atoms with Crippen LogP contribution in [0.25, 0.3) is 10.2 Å². The maximum absolute atomic E-state index is 9.74. The first-order chi connectivity index (χ1) is 7.22. The second kappa shape index (κ2) is 4.45. The molecule has 2 aromatic rings. The molecular weight excluding hydrogens is 234 g/mol. The molecule has 0 fully saturated rings. The summed E-state index contributed by atoms with van der Waals surface area (Å²) in [5.41, 5.74) is 3.31. The van der Waals surface area contributed by atoms with Gasteiger partial charge in [-0.1, -0.05) is 6.07 Å². The van der Waals surface area contributed by atoms with Crippen LogP contribution in [0.4, 0.5) is 0 Å². The highest BCUT2D eigenvalue weighted by Gasteiger charge is 2.17. The number of benzene rings is 1. The Hall–Kier alpha value is -0.680. The van der Waals surface area contributed by atoms with E-state index in [1.165, 1.54) is 11.3 Å². The number of halogens is 1. The molecule has 1 heterocycles. The van der Waals surface area contributed by atoms with Crippen LogP contribution < -0.4 is 0 Å². The van der Waals surface area contributed by atoms with E-state index in [0.717, 1.165) is 10.2 Å². The molecule has 2 N–H and O–H groups in total. The van der Waals surface area contributed by atoms with Gasteiger partial charge in [0.25, 0.3) is 0 Å². The minimum Gasteiger partial charge on any atom is -0.389 e. The molecule has 3 nitrogen and oxygen atoms in total. The molecule has 0 aliphatic carbocycles. The molecule has 0 radical (unpaired) electrons. The first-order valence-electron chi connectivity index (χ1n) is 4.47. The van der Waals surface area contributed by atoms with E-state index < -0.39 is 12.2 Å². The van der Waals surface area contributed by atoms with Crippen LogP contribution in [0.3, 0.4) is 0 Å². The summed E-state index contributed by atoms with van der Waals surface area (Å²) >= 11 is 6.98. The molecule has 1 aromatic carbocycles. The lowest BCUT2D eigenvalue weighted by molar-refractivity contribution is 0.0328. The summed E-state index contributed by atoms with van der Waals surface area (Å²) in [5, 5.41) is 19.1. The monoisotopic (exact) mass is 243 g/mol. The van der Waals surface area contributed by atoms with Crippen LogP contribution in [0.5, 0.6) is 0 Å². The largest absolute Gasteiger partial charge is 0.389 e. The second-order valence-electron chi connectivity index (χ2n) is 3.25. The average molecular weight is 244 g/mol. The summed E-state index contributed by atoms with van der Waals surface area (Å²) in [7, 11) is 0. The summed E-state index contributed by atoms with van der Waals surface area (Å²) in [5.74, 6) is 0.0158. The van der Waals surface area contributed by atoms with Gasteiger partial charge in [-0.3, -0.25) is 0 Å². The maximum Gasteiger partial charge on any atom is 0.106 e. The molecule has 2 unspecified atom stereocenters. The Labute approximate surface area is 96.0 Å². The van der Waals surface area contributed by atoms with Crippen molar-refractivity contribution < 1.29 is 10.2 Å². The average Bonchev–Trinajstić information content (AvgIpc) is 2.73. The zero-order chi connectivity index (χ0) is 10.8. The summed E-state index contributed by atoms with van der Waals surface area (Å²) in [6, 6.07) is 5.40. The van der Waals surface area contributed by atoms with Gasteiger partial charge < -0.3 is 10.2 Å². The van der Waals surface area contributed by atoms with Gasteiger partial charge in [-0.15, -0.1) is 22.9 Å². The second-order valence-corrected chi connectivity index (χ2v) is 4.44. The Morgan fingerprint density at radius 3 is 2.93 bits per heavy atom. The molecule has 0 amide bonds. The lowest BCUT2D eigenvalue weighted by Crippen LogP contribution is -2.19. The van der Waals surface area contributed by atoms with E-state index in [1.807, 2.05) is 12.1 Å². The van der Waals surface area contributed by atoms with E-state index in [2.05, 4.69) is 4.98 Å². The van der Waals surface area contributed by atoms with Gasteiger partial charge in [0, 0.05) is 0 Å². The predicted octanol–water partition coefficient (Wildman–Crippen LogP) is 1.93. The summed E-state index contributed by atoms with van der Waals surface area (Å²) < 4.78 is 0.994. The zero-order valence-corrected chi connectivity index (χ0v) is 9.37. The van der Waals surface area contributed by atoms with Crippen LogP contribution in [0.1, 0.15) is 11.7 Å². The highest BCUT2D eigenvalue weighted by Crippen LogP contribution is 2.24. The van der Waals surface area contributed by atoms with Crippen molar-refractivity contribution in [2.75, 3.05) is 5.88 Å². The standard InChI is InChI=1S/C10H10ClNO2S/c11-4-8(13)10(14)6-1-2-7-9(3-6)15-5-12-7/h1-3,5,8,10,13-14H,4H2. The van der Waals surface area contributed by atoms with E-state index in [9.17, 15) is 10.2 Å². The molecule has 0 aliphatic rings. The summed E-state index contributed by atoms with van der Waals surface area (Å²) in [4.78, 5) is 4.13. The van der Waals surface area contributed by atoms with Gasteiger partial charge in [0.1, 0.15) is 6.10 Å². The van der Waals surface area contributed by atoms with Crippen molar-refractivity contribution in [2.45, 2.75) is 12.2 Å². The predicted molar refractivity (Wildman–Crippen MR) is 61.3 cm³/mol. The topological polar surface area (TPSA) is 53.4 Å². The van der Waals surface area contributed by atoms with Crippen molar-refractivity contribution in [3.63, 3.8) is 0 Å². The summed E-state index contributed by atoms with van der Waals surface area (Å²) in [6.07, 6.45) is -1.87. The molecule has 0 saturated carbocycles. The molecule has 1 aromatic heterocycles. The van der Waals surface area contributed by atoms with E-state index in [1.54, 1.807) is 11.6 Å². The van der Waals surface area contributed by atoms with Gasteiger partial charge in [0.15, 0.2) is 0 Å². The number of rotatable bonds is 3. The van der Waals surface area contributed by atoms with E-state index in [-0.39, 0.29) is 5.88 Å². The molecule has 5 heteroatoms. The van der Waals surface area contributed by atoms with Crippen molar-refractivity contribution in [3.05, 3.63) is 29.3 Å². The Morgan fingerprint density at radius 2 is 2.20 bits per heavy atom. The first kappa shape index (κ1) is 10.8. The number of aliphatic hydroxyl groups excluding tert-OH is 2. The molecule has 0 bridgehead atoms. The number of hydrogen-bond donors (Lipinski definition) is 2. The van der Waals surface area contributed by atoms with Crippen molar-refractivity contribution >= 4 is 33.2 Å². The van der Waals surface area contributed by atoms with Crippen LogP contribution in [0.2, 0.25) is 0 Å². The number of fused-ring (bicyclic) bond motifs is 1. The summed E-state index contributed by atoms with van der Waals surface area (Å²) in [6.45, 7) is 0. The molecular formula is C10H10ClNO2S. The van der Waals surface area contributed by atoms with Crippen molar-refractivity contribution in [3.8, 4) is 0 Å². The first-order valence-corrected chi connectivity index (χ1v) is 5.89. The molecule has 0 saturated heterocycles. The molecule has 2 rings (SSSR count). The van der Waals surface area contributed by atoms with Gasteiger partial charge in [-0.2, -0.15) is 0 Å². The van der Waals surface area contributed by atoms with E-state index in [4.69, 9.17) is 11.6 Å². The van der Waals surface area contributed by atoms with Crippen LogP contribution >= 0.6 is 22.9 Å². The smallest absolute Gasteiger partial charge is 0.106 e. The van der Waals surface area contributed by atoms with Gasteiger partial charge in [0.2, 0.25) is 0 Å². The molecule has 15 heavy (non-hydrogen) atoms. The lowest BCUT2D eigenvalue weighted by atomic mass is 10.1. The van der Waals surface area contributed by atoms with Crippen molar-refractivity contribution in [1.29, 1.82) is 0 Å². The number of hydrogen-bond acceptors (Lipinski definition) is 4. The van der Waals surface area contributed by atoms with E-state index in [0.29, 0.717) is 5.56 Å². The quantitative estimate of drug-likeness (QED) is 0.810. The number of thiazole rings is 1. The van der Waals surface area contributed by atoms with Gasteiger partial charge in [0.05, 0.1) is 27.7 Å². The van der Waals surface area contributed by atoms with Gasteiger partial charge in [-0.25, -0.2) is 4.98 Å². The fourth-order valence-electron chi connectivity index (χ4n) is 1.36. The molecule has 0 spiro atoms. The normalized spacial score (nSPS) is 15.4. The van der Waals surface area contributed by atoms with Crippen molar-refractivity contribution in [1.82, 2.24) is 4.98 Å². The Morgan fingerprint density at radius 1 is 1.40 bits per heavy atom. The number of alkyl halides is 1. The Bertz CT molecular complexity index is 459. The van der Waals surface area contributed by atoms with Crippen LogP contribution in [-0.2, 0) is 0 Å². The maximum atomic E-state index is 9.74. The van der Waals surface area contributed by atoms with E-state index >= 15 is 0 Å². The molecule has 80 valence electrons. The molecule has 0 aliphatic heterocycles. The molecule has 2 atom stereocenters. The highest BCUT2D eigenvalue weighted by atomic mass is 35.5. The SMILES string of the molecule is OC(CCl)C(O)c1ccc2ncsc2c1. The minimum atomic E-state index is -0.936. The zero-order valence-electron chi connectivity index (χ0n) is 7.80. The van der Waals surface area contributed by atoms with Gasteiger partial charge >= 0.3 is 0 Å². The third kappa shape index (κ3) is 2.13. The fraction of sp³-hybridized carbons (Fsp3) is 0.300. The third-order valence-corrected chi connectivity index (χ3v) is 3.33. The van der Waals surface area contributed by atoms with Crippen LogP contribution in [0.15, 0.2) is 23.7 Å². The minimum absolute atomic E-state index is 0.0158. The number of aliphatic hydroxyl groups is 2. The van der Waals surface area contributed by atoms with Crippen LogP contribution in [-0.4, -0.2) is 27.2 Å². The highest BCUT2D eigenvalue weighted by molar-refractivity contribution is 7.16.